The Morgan fingerprint density at radius 3 is 3.00 bits per heavy atom. The second kappa shape index (κ2) is 6.78. The van der Waals surface area contributed by atoms with Crippen molar-refractivity contribution in [1.82, 2.24) is 10.2 Å². The lowest BCUT2D eigenvalue weighted by atomic mass is 9.98. The number of phenolic OH excluding ortho intramolecular Hbond substituents is 1. The van der Waals surface area contributed by atoms with Crippen LogP contribution in [0.15, 0.2) is 18.2 Å². The average Bonchev–Trinajstić information content (AvgIpc) is 2.40. The highest BCUT2D eigenvalue weighted by atomic mass is 16.5. The van der Waals surface area contributed by atoms with E-state index in [0.717, 1.165) is 18.0 Å². The first kappa shape index (κ1) is 14.2. The van der Waals surface area contributed by atoms with Gasteiger partial charge in [-0.05, 0) is 45.0 Å². The first-order valence-electron chi connectivity index (χ1n) is 6.94. The van der Waals surface area contributed by atoms with Gasteiger partial charge in [-0.15, -0.1) is 0 Å². The normalized spacial score (nSPS) is 20.4. The van der Waals surface area contributed by atoms with Crippen molar-refractivity contribution in [2.45, 2.75) is 19.4 Å². The van der Waals surface area contributed by atoms with Crippen molar-refractivity contribution in [3.63, 3.8) is 0 Å². The van der Waals surface area contributed by atoms with Gasteiger partial charge in [0.05, 0.1) is 7.11 Å². The van der Waals surface area contributed by atoms with Crippen molar-refractivity contribution in [3.05, 3.63) is 23.8 Å². The molecule has 1 heterocycles. The maximum absolute atomic E-state index is 9.87. The van der Waals surface area contributed by atoms with Gasteiger partial charge in [0.2, 0.25) is 0 Å². The lowest BCUT2D eigenvalue weighted by Gasteiger charge is -2.29. The van der Waals surface area contributed by atoms with Gasteiger partial charge in [-0.25, -0.2) is 0 Å². The maximum atomic E-state index is 9.87. The molecule has 0 amide bonds. The molecule has 0 saturated carbocycles. The standard InChI is InChI=1S/C15H24N2O2/c1-17-7-3-4-12(11-17)9-16-10-13-5-6-14(19-2)8-15(13)18/h5-6,8,12,16,18H,3-4,7,9-11H2,1-2H3. The molecule has 0 aromatic heterocycles. The molecule has 1 aromatic rings. The van der Waals surface area contributed by atoms with Gasteiger partial charge in [0.15, 0.2) is 0 Å². The Hall–Kier alpha value is -1.26. The highest BCUT2D eigenvalue weighted by molar-refractivity contribution is 5.39. The quantitative estimate of drug-likeness (QED) is 0.851. The molecule has 1 unspecified atom stereocenters. The number of phenols is 1. The summed E-state index contributed by atoms with van der Waals surface area (Å²) in [6.07, 6.45) is 2.59. The van der Waals surface area contributed by atoms with E-state index in [-0.39, 0.29) is 0 Å². The second-order valence-corrected chi connectivity index (χ2v) is 5.40. The summed E-state index contributed by atoms with van der Waals surface area (Å²) in [6.45, 7) is 4.10. The molecule has 1 aromatic carbocycles. The number of piperidine rings is 1. The molecule has 4 nitrogen and oxygen atoms in total. The fourth-order valence-electron chi connectivity index (χ4n) is 2.67. The fourth-order valence-corrected chi connectivity index (χ4v) is 2.67. The summed E-state index contributed by atoms with van der Waals surface area (Å²) in [5, 5.41) is 13.3. The first-order valence-corrected chi connectivity index (χ1v) is 6.94. The molecule has 1 atom stereocenters. The summed E-state index contributed by atoms with van der Waals surface area (Å²) in [4.78, 5) is 2.39. The van der Waals surface area contributed by atoms with Crippen LogP contribution in [0.3, 0.4) is 0 Å². The predicted molar refractivity (Wildman–Crippen MR) is 76.6 cm³/mol. The van der Waals surface area contributed by atoms with Crippen LogP contribution in [0.2, 0.25) is 0 Å². The van der Waals surface area contributed by atoms with Crippen molar-refractivity contribution >= 4 is 0 Å². The Morgan fingerprint density at radius 1 is 1.47 bits per heavy atom. The van der Waals surface area contributed by atoms with Crippen LogP contribution in [-0.4, -0.2) is 43.8 Å². The Morgan fingerprint density at radius 2 is 2.32 bits per heavy atom. The van der Waals surface area contributed by atoms with Gasteiger partial charge in [0.1, 0.15) is 11.5 Å². The van der Waals surface area contributed by atoms with Crippen LogP contribution in [-0.2, 0) is 6.54 Å². The Labute approximate surface area is 115 Å². The number of ether oxygens (including phenoxy) is 1. The molecule has 1 fully saturated rings. The van der Waals surface area contributed by atoms with Crippen molar-refractivity contribution in [1.29, 1.82) is 0 Å². The fraction of sp³-hybridized carbons (Fsp3) is 0.600. The van der Waals surface area contributed by atoms with Crippen molar-refractivity contribution in [3.8, 4) is 11.5 Å². The number of methoxy groups -OCH3 is 1. The Balaban J connectivity index is 1.79. The molecule has 0 aliphatic carbocycles. The monoisotopic (exact) mass is 264 g/mol. The van der Waals surface area contributed by atoms with Crippen LogP contribution in [0.1, 0.15) is 18.4 Å². The minimum absolute atomic E-state index is 0.299. The van der Waals surface area contributed by atoms with Gasteiger partial charge >= 0.3 is 0 Å². The Bertz CT molecular complexity index is 409. The number of hydrogen-bond acceptors (Lipinski definition) is 4. The smallest absolute Gasteiger partial charge is 0.123 e. The van der Waals surface area contributed by atoms with E-state index in [1.165, 1.54) is 25.9 Å². The van der Waals surface area contributed by atoms with Crippen LogP contribution in [0.5, 0.6) is 11.5 Å². The number of likely N-dealkylation sites (tertiary alicyclic amines) is 1. The molecule has 4 heteroatoms. The maximum Gasteiger partial charge on any atom is 0.123 e. The number of aromatic hydroxyl groups is 1. The molecular formula is C15H24N2O2. The highest BCUT2D eigenvalue weighted by Gasteiger charge is 2.16. The summed E-state index contributed by atoms with van der Waals surface area (Å²) in [5.74, 6) is 1.71. The van der Waals surface area contributed by atoms with Crippen molar-refractivity contribution in [2.75, 3.05) is 33.8 Å². The minimum Gasteiger partial charge on any atom is -0.507 e. The molecule has 1 aliphatic rings. The predicted octanol–water partition coefficient (Wildman–Crippen LogP) is 1.83. The molecule has 1 aliphatic heterocycles. The van der Waals surface area contributed by atoms with Crippen LogP contribution in [0.4, 0.5) is 0 Å². The molecule has 0 bridgehead atoms. The number of nitrogens with one attached hydrogen (secondary N) is 1. The van der Waals surface area contributed by atoms with E-state index in [2.05, 4.69) is 17.3 Å². The van der Waals surface area contributed by atoms with Gasteiger partial charge in [-0.1, -0.05) is 6.07 Å². The van der Waals surface area contributed by atoms with Crippen LogP contribution in [0, 0.1) is 5.92 Å². The summed E-state index contributed by atoms with van der Waals surface area (Å²) < 4.78 is 5.08. The molecule has 2 rings (SSSR count). The third-order valence-electron chi connectivity index (χ3n) is 3.76. The Kier molecular flexibility index (Phi) is 5.05. The summed E-state index contributed by atoms with van der Waals surface area (Å²) in [7, 11) is 3.79. The van der Waals surface area contributed by atoms with E-state index >= 15 is 0 Å². The van der Waals surface area contributed by atoms with E-state index in [9.17, 15) is 5.11 Å². The second-order valence-electron chi connectivity index (χ2n) is 5.40. The highest BCUT2D eigenvalue weighted by Crippen LogP contribution is 2.23. The van der Waals surface area contributed by atoms with Crippen molar-refractivity contribution in [2.24, 2.45) is 5.92 Å². The number of nitrogens with zero attached hydrogens (tertiary/aromatic N) is 1. The summed E-state index contributed by atoms with van der Waals surface area (Å²) >= 11 is 0. The number of rotatable bonds is 5. The number of benzene rings is 1. The molecule has 19 heavy (non-hydrogen) atoms. The van der Waals surface area contributed by atoms with E-state index in [0.29, 0.717) is 18.0 Å². The lowest BCUT2D eigenvalue weighted by molar-refractivity contribution is 0.206. The minimum atomic E-state index is 0.299. The van der Waals surface area contributed by atoms with Crippen molar-refractivity contribution < 1.29 is 9.84 Å². The molecule has 106 valence electrons. The molecule has 0 spiro atoms. The number of hydrogen-bond donors (Lipinski definition) is 2. The van der Waals surface area contributed by atoms with E-state index in [1.807, 2.05) is 12.1 Å². The van der Waals surface area contributed by atoms with Crippen LogP contribution >= 0.6 is 0 Å². The largest absolute Gasteiger partial charge is 0.507 e. The zero-order valence-electron chi connectivity index (χ0n) is 11.9. The molecular weight excluding hydrogens is 240 g/mol. The SMILES string of the molecule is COc1ccc(CNCC2CCCN(C)C2)c(O)c1. The van der Waals surface area contributed by atoms with Gasteiger partial charge in [-0.2, -0.15) is 0 Å². The lowest BCUT2D eigenvalue weighted by Crippen LogP contribution is -2.37. The van der Waals surface area contributed by atoms with Gasteiger partial charge in [0.25, 0.3) is 0 Å². The van der Waals surface area contributed by atoms with Gasteiger partial charge < -0.3 is 20.1 Å². The van der Waals surface area contributed by atoms with E-state index < -0.39 is 0 Å². The zero-order chi connectivity index (χ0) is 13.7. The molecule has 0 radical (unpaired) electrons. The summed E-state index contributed by atoms with van der Waals surface area (Å²) in [5.41, 5.74) is 0.921. The van der Waals surface area contributed by atoms with Gasteiger partial charge in [0, 0.05) is 24.7 Å². The van der Waals surface area contributed by atoms with E-state index in [1.54, 1.807) is 13.2 Å². The zero-order valence-corrected chi connectivity index (χ0v) is 11.9. The van der Waals surface area contributed by atoms with Crippen LogP contribution in [0.25, 0.3) is 0 Å². The first-order chi connectivity index (χ1) is 9.19. The summed E-state index contributed by atoms with van der Waals surface area (Å²) in [6, 6.07) is 5.45. The molecule has 1 saturated heterocycles. The average molecular weight is 264 g/mol. The third-order valence-corrected chi connectivity index (χ3v) is 3.76. The van der Waals surface area contributed by atoms with E-state index in [4.69, 9.17) is 4.74 Å². The van der Waals surface area contributed by atoms with Gasteiger partial charge in [-0.3, -0.25) is 0 Å². The van der Waals surface area contributed by atoms with Crippen LogP contribution < -0.4 is 10.1 Å². The topological polar surface area (TPSA) is 44.7 Å². The molecule has 2 N–H and O–H groups in total. The third kappa shape index (κ3) is 4.11.